The number of halogens is 6. The lowest BCUT2D eigenvalue weighted by molar-refractivity contribution is -0.333. The van der Waals surface area contributed by atoms with Gasteiger partial charge in [0.2, 0.25) is 0 Å². The van der Waals surface area contributed by atoms with Gasteiger partial charge in [-0.15, -0.1) is 0 Å². The highest BCUT2D eigenvalue weighted by atomic mass is 19.4. The van der Waals surface area contributed by atoms with Crippen LogP contribution in [0, 0.1) is 0 Å². The molecule has 6 nitrogen and oxygen atoms in total. The normalized spacial score (nSPS) is 21.7. The average molecular weight is 660 g/mol. The minimum atomic E-state index is -5.25. The Kier molecular flexibility index (Phi) is 11.0. The molecule has 248 valence electrons. The van der Waals surface area contributed by atoms with Crippen molar-refractivity contribution in [3.8, 4) is 0 Å². The fourth-order valence-electron chi connectivity index (χ4n) is 5.26. The molecule has 1 fully saturated rings. The second kappa shape index (κ2) is 15.1. The highest BCUT2D eigenvalue weighted by Gasteiger charge is 2.58. The van der Waals surface area contributed by atoms with E-state index in [2.05, 4.69) is 0 Å². The number of ether oxygens (including phenoxy) is 4. The molecule has 0 aliphatic carbocycles. The molecule has 1 aliphatic heterocycles. The monoisotopic (exact) mass is 659 g/mol. The van der Waals surface area contributed by atoms with E-state index >= 15 is 0 Å². The summed E-state index contributed by atoms with van der Waals surface area (Å²) in [5.74, 6) is -2.30. The summed E-state index contributed by atoms with van der Waals surface area (Å²) in [4.78, 5) is 11.9. The van der Waals surface area contributed by atoms with Gasteiger partial charge in [-0.2, -0.15) is 26.3 Å². The number of carbonyl (C=O) groups excluding carboxylic acids is 1. The van der Waals surface area contributed by atoms with Crippen molar-refractivity contribution in [3.63, 3.8) is 0 Å². The Morgan fingerprint density at radius 2 is 1.02 bits per heavy atom. The van der Waals surface area contributed by atoms with Crippen molar-refractivity contribution < 1.29 is 50.1 Å². The summed E-state index contributed by atoms with van der Waals surface area (Å²) in [6.07, 6.45) is -19.0. The zero-order valence-corrected chi connectivity index (χ0v) is 24.8. The number of para-hydroxylation sites is 1. The van der Waals surface area contributed by atoms with Gasteiger partial charge in [-0.25, -0.2) is 0 Å². The van der Waals surface area contributed by atoms with Crippen LogP contribution in [0.4, 0.5) is 32.0 Å². The van der Waals surface area contributed by atoms with Gasteiger partial charge in [0, 0.05) is 11.3 Å². The summed E-state index contributed by atoms with van der Waals surface area (Å²) in [5, 5.41) is 1.77. The zero-order chi connectivity index (χ0) is 33.4. The lowest BCUT2D eigenvalue weighted by Gasteiger charge is -2.47. The Bertz CT molecular complexity index is 1570. The molecule has 5 rings (SSSR count). The quantitative estimate of drug-likeness (QED) is 0.166. The molecule has 0 bridgehead atoms. The number of alkyl halides is 6. The summed E-state index contributed by atoms with van der Waals surface area (Å²) >= 11 is 0. The summed E-state index contributed by atoms with van der Waals surface area (Å²) in [5.41, 5.74) is 1.37. The number of hydrogen-bond acceptors (Lipinski definition) is 5. The highest BCUT2D eigenvalue weighted by molar-refractivity contribution is 5.95. The zero-order valence-electron chi connectivity index (χ0n) is 24.8. The lowest BCUT2D eigenvalue weighted by Crippen LogP contribution is -2.61. The molecule has 0 spiro atoms. The van der Waals surface area contributed by atoms with Crippen molar-refractivity contribution in [3.05, 3.63) is 138 Å². The Morgan fingerprint density at radius 1 is 0.596 bits per heavy atom. The van der Waals surface area contributed by atoms with Gasteiger partial charge in [-0.3, -0.25) is 4.79 Å². The van der Waals surface area contributed by atoms with Crippen molar-refractivity contribution in [1.29, 1.82) is 0 Å². The van der Waals surface area contributed by atoms with Crippen molar-refractivity contribution >= 4 is 11.6 Å². The van der Waals surface area contributed by atoms with E-state index in [9.17, 15) is 31.1 Å². The number of benzene rings is 4. The predicted molar refractivity (Wildman–Crippen MR) is 160 cm³/mol. The van der Waals surface area contributed by atoms with E-state index in [0.29, 0.717) is 16.7 Å². The molecule has 0 saturated carbocycles. The minimum absolute atomic E-state index is 0.101. The molecule has 1 heterocycles. The third kappa shape index (κ3) is 8.98. The molecule has 0 radical (unpaired) electrons. The van der Waals surface area contributed by atoms with E-state index in [1.165, 1.54) is 18.2 Å². The standard InChI is InChI=1S/C35H31F6NO5/c36-34(37,38)32-31(46-22-25-16-8-3-9-17-25)30(45-21-24-14-6-2-7-15-24)29(44-20-23-12-4-1-5-13-23)28(47-32)26-18-10-11-19-27(26)42-33(43)35(39,40)41/h1-19,28-32H,20-22H2,(H,42,43)/t28-,29+,30-,31+,32-/m1/s1. The third-order valence-corrected chi connectivity index (χ3v) is 7.49. The van der Waals surface area contributed by atoms with Gasteiger partial charge in [0.05, 0.1) is 19.8 Å². The van der Waals surface area contributed by atoms with Crippen LogP contribution in [0.2, 0.25) is 0 Å². The summed E-state index contributed by atoms with van der Waals surface area (Å²) in [6, 6.07) is 31.3. The molecular weight excluding hydrogens is 628 g/mol. The van der Waals surface area contributed by atoms with Crippen molar-refractivity contribution in [2.24, 2.45) is 0 Å². The molecule has 1 amide bonds. The van der Waals surface area contributed by atoms with Crippen LogP contribution in [-0.4, -0.2) is 42.7 Å². The maximum atomic E-state index is 14.9. The molecule has 0 aromatic heterocycles. The molecule has 5 atom stereocenters. The van der Waals surface area contributed by atoms with E-state index in [0.717, 1.165) is 6.07 Å². The van der Waals surface area contributed by atoms with E-state index in [4.69, 9.17) is 18.9 Å². The van der Waals surface area contributed by atoms with Crippen LogP contribution >= 0.6 is 0 Å². The third-order valence-electron chi connectivity index (χ3n) is 7.49. The summed E-state index contributed by atoms with van der Waals surface area (Å²) in [6.45, 7) is -0.456. The Labute approximate surface area is 267 Å². The number of rotatable bonds is 11. The predicted octanol–water partition coefficient (Wildman–Crippen LogP) is 7.95. The molecule has 1 aliphatic rings. The number of anilines is 1. The van der Waals surface area contributed by atoms with Crippen LogP contribution < -0.4 is 5.32 Å². The van der Waals surface area contributed by atoms with Gasteiger partial charge in [0.25, 0.3) is 0 Å². The second-order valence-corrected chi connectivity index (χ2v) is 10.8. The smallest absolute Gasteiger partial charge is 0.368 e. The summed E-state index contributed by atoms with van der Waals surface area (Å²) in [7, 11) is 0. The van der Waals surface area contributed by atoms with Crippen molar-refractivity contribution in [2.45, 2.75) is 62.7 Å². The average Bonchev–Trinajstić information content (AvgIpc) is 3.06. The van der Waals surface area contributed by atoms with E-state index in [1.807, 2.05) is 0 Å². The van der Waals surface area contributed by atoms with Crippen LogP contribution in [0.1, 0.15) is 28.4 Å². The largest absolute Gasteiger partial charge is 0.471 e. The first-order chi connectivity index (χ1) is 22.5. The Hall–Kier alpha value is -4.23. The van der Waals surface area contributed by atoms with Gasteiger partial charge in [-0.05, 0) is 22.8 Å². The van der Waals surface area contributed by atoms with Gasteiger partial charge in [0.15, 0.2) is 6.10 Å². The number of amides is 1. The van der Waals surface area contributed by atoms with Gasteiger partial charge in [0.1, 0.15) is 24.4 Å². The first-order valence-corrected chi connectivity index (χ1v) is 14.7. The number of carbonyl (C=O) groups is 1. The maximum Gasteiger partial charge on any atom is 0.471 e. The molecule has 1 saturated heterocycles. The Morgan fingerprint density at radius 3 is 1.49 bits per heavy atom. The fraction of sp³-hybridized carbons (Fsp3) is 0.286. The van der Waals surface area contributed by atoms with Gasteiger partial charge >= 0.3 is 18.3 Å². The van der Waals surface area contributed by atoms with Crippen LogP contribution in [0.15, 0.2) is 115 Å². The number of hydrogen-bond donors (Lipinski definition) is 1. The Balaban J connectivity index is 1.59. The molecule has 4 aromatic carbocycles. The fourth-order valence-corrected chi connectivity index (χ4v) is 5.26. The van der Waals surface area contributed by atoms with E-state index in [-0.39, 0.29) is 31.1 Å². The van der Waals surface area contributed by atoms with Gasteiger partial charge in [-0.1, -0.05) is 109 Å². The molecule has 1 N–H and O–H groups in total. The van der Waals surface area contributed by atoms with Crippen molar-refractivity contribution in [2.75, 3.05) is 5.32 Å². The molecule has 0 unspecified atom stereocenters. The topological polar surface area (TPSA) is 66.0 Å². The van der Waals surface area contributed by atoms with E-state index in [1.54, 1.807) is 96.3 Å². The SMILES string of the molecule is O=C(Nc1ccccc1[C@H]1O[C@@H](C(F)(F)F)[C@@H](OCc2ccccc2)[C@H](OCc2ccccc2)[C@H]1OCc1ccccc1)C(F)(F)F. The van der Waals surface area contributed by atoms with Crippen molar-refractivity contribution in [1.82, 2.24) is 0 Å². The molecule has 12 heteroatoms. The first-order valence-electron chi connectivity index (χ1n) is 14.7. The maximum absolute atomic E-state index is 14.9. The van der Waals surface area contributed by atoms with Gasteiger partial charge < -0.3 is 24.3 Å². The van der Waals surface area contributed by atoms with Crippen LogP contribution in [0.25, 0.3) is 0 Å². The van der Waals surface area contributed by atoms with Crippen LogP contribution in [-0.2, 0) is 43.6 Å². The number of nitrogens with one attached hydrogen (secondary N) is 1. The lowest BCUT2D eigenvalue weighted by atomic mass is 9.89. The minimum Gasteiger partial charge on any atom is -0.368 e. The molecular formula is C35H31F6NO5. The highest BCUT2D eigenvalue weighted by Crippen LogP contribution is 2.45. The summed E-state index contributed by atoms with van der Waals surface area (Å²) < 4.78 is 109. The first kappa shape index (κ1) is 34.1. The molecule has 4 aromatic rings. The van der Waals surface area contributed by atoms with Crippen LogP contribution in [0.5, 0.6) is 0 Å². The second-order valence-electron chi connectivity index (χ2n) is 10.8. The van der Waals surface area contributed by atoms with E-state index < -0.39 is 48.8 Å². The van der Waals surface area contributed by atoms with Crippen LogP contribution in [0.3, 0.4) is 0 Å². The molecule has 47 heavy (non-hydrogen) atoms.